The van der Waals surface area contributed by atoms with Crippen LogP contribution in [-0.4, -0.2) is 11.9 Å². The molecular weight excluding hydrogens is 264 g/mol. The number of hydrogen-bond acceptors (Lipinski definition) is 3. The highest BCUT2D eigenvalue weighted by atomic mass is 16.6. The molecule has 21 heavy (non-hydrogen) atoms. The van der Waals surface area contributed by atoms with E-state index in [-0.39, 0.29) is 0 Å². The van der Waals surface area contributed by atoms with Gasteiger partial charge in [0.05, 0.1) is 0 Å². The number of carbonyl (C=O) groups is 2. The molecule has 3 nitrogen and oxygen atoms in total. The Morgan fingerprint density at radius 3 is 1.05 bits per heavy atom. The van der Waals surface area contributed by atoms with Gasteiger partial charge >= 0.3 is 11.9 Å². The molecule has 0 aromatic heterocycles. The van der Waals surface area contributed by atoms with Crippen molar-refractivity contribution in [2.45, 2.75) is 27.7 Å². The molecular formula is C18H22O3. The fourth-order valence-electron chi connectivity index (χ4n) is 1.27. The third-order valence-electron chi connectivity index (χ3n) is 2.17. The second kappa shape index (κ2) is 11.4. The predicted octanol–water partition coefficient (Wildman–Crippen LogP) is 4.09. The van der Waals surface area contributed by atoms with Crippen LogP contribution in [0.5, 0.6) is 0 Å². The molecule has 0 heterocycles. The Kier molecular flexibility index (Phi) is 10.1. The minimum Gasteiger partial charge on any atom is -0.394 e. The normalized spacial score (nSPS) is 8.38. The summed E-state index contributed by atoms with van der Waals surface area (Å²) in [6.45, 7) is 6.53. The van der Waals surface area contributed by atoms with Gasteiger partial charge in [0, 0.05) is 13.8 Å². The molecule has 0 unspecified atom stereocenters. The molecule has 0 amide bonds. The standard InChI is InChI=1S/2C7H8.C4H6O3/c2*1-7-5-3-2-4-6-7;1-3(5)7-4(2)6/h2*2-6H,1H3;1-2H3. The molecule has 2 rings (SSSR count). The smallest absolute Gasteiger partial charge is 0.310 e. The summed E-state index contributed by atoms with van der Waals surface area (Å²) in [5, 5.41) is 0. The predicted molar refractivity (Wildman–Crippen MR) is 84.8 cm³/mol. The summed E-state index contributed by atoms with van der Waals surface area (Å²) in [4.78, 5) is 19.6. The highest BCUT2D eigenvalue weighted by Gasteiger charge is 1.93. The van der Waals surface area contributed by atoms with Crippen LogP contribution >= 0.6 is 0 Å². The molecule has 3 heteroatoms. The average Bonchev–Trinajstić information content (AvgIpc) is 2.40. The number of hydrogen-bond donors (Lipinski definition) is 0. The van der Waals surface area contributed by atoms with Crippen molar-refractivity contribution in [3.05, 3.63) is 71.8 Å². The van der Waals surface area contributed by atoms with Crippen molar-refractivity contribution in [3.63, 3.8) is 0 Å². The molecule has 0 saturated carbocycles. The second-order valence-electron chi connectivity index (χ2n) is 4.39. The Morgan fingerprint density at radius 2 is 0.952 bits per heavy atom. The lowest BCUT2D eigenvalue weighted by Gasteiger charge is -1.87. The molecule has 2 aromatic rings. The molecule has 0 radical (unpaired) electrons. The molecule has 0 N–H and O–H groups in total. The number of esters is 2. The van der Waals surface area contributed by atoms with Gasteiger partial charge in [0.2, 0.25) is 0 Å². The first-order valence-corrected chi connectivity index (χ1v) is 6.64. The molecule has 0 aliphatic carbocycles. The van der Waals surface area contributed by atoms with Crippen LogP contribution in [0.1, 0.15) is 25.0 Å². The number of benzene rings is 2. The summed E-state index contributed by atoms with van der Waals surface area (Å²) >= 11 is 0. The first-order chi connectivity index (χ1) is 9.91. The van der Waals surface area contributed by atoms with Crippen LogP contribution in [0.2, 0.25) is 0 Å². The summed E-state index contributed by atoms with van der Waals surface area (Å²) in [5.74, 6) is -1.12. The van der Waals surface area contributed by atoms with Crippen LogP contribution in [0, 0.1) is 13.8 Å². The van der Waals surface area contributed by atoms with Gasteiger partial charge in [-0.1, -0.05) is 71.8 Å². The summed E-state index contributed by atoms with van der Waals surface area (Å²) < 4.78 is 3.97. The number of aryl methyl sites for hydroxylation is 2. The van der Waals surface area contributed by atoms with Crippen molar-refractivity contribution in [2.24, 2.45) is 0 Å². The van der Waals surface area contributed by atoms with Gasteiger partial charge in [-0.15, -0.1) is 0 Å². The fraction of sp³-hybridized carbons (Fsp3) is 0.222. The van der Waals surface area contributed by atoms with Gasteiger partial charge in [0.25, 0.3) is 0 Å². The van der Waals surface area contributed by atoms with Crippen LogP contribution in [0.25, 0.3) is 0 Å². The lowest BCUT2D eigenvalue weighted by atomic mass is 10.2. The van der Waals surface area contributed by atoms with E-state index in [0.717, 1.165) is 0 Å². The highest BCUT2D eigenvalue weighted by Crippen LogP contribution is 1.92. The van der Waals surface area contributed by atoms with E-state index in [9.17, 15) is 9.59 Å². The zero-order valence-corrected chi connectivity index (χ0v) is 13.0. The molecule has 0 atom stereocenters. The van der Waals surface area contributed by atoms with Gasteiger partial charge < -0.3 is 4.74 Å². The average molecular weight is 286 g/mol. The third kappa shape index (κ3) is 13.8. The minimum absolute atomic E-state index is 0.562. The quantitative estimate of drug-likeness (QED) is 0.541. The van der Waals surface area contributed by atoms with E-state index >= 15 is 0 Å². The zero-order chi connectivity index (χ0) is 16.1. The molecule has 0 bridgehead atoms. The fourth-order valence-corrected chi connectivity index (χ4v) is 1.27. The Bertz CT molecular complexity index is 469. The van der Waals surface area contributed by atoms with Gasteiger partial charge in [-0.3, -0.25) is 9.59 Å². The number of ether oxygens (including phenoxy) is 1. The van der Waals surface area contributed by atoms with E-state index in [1.165, 1.54) is 25.0 Å². The van der Waals surface area contributed by atoms with E-state index in [0.29, 0.717) is 0 Å². The van der Waals surface area contributed by atoms with Crippen LogP contribution in [-0.2, 0) is 14.3 Å². The lowest BCUT2D eigenvalue weighted by Crippen LogP contribution is -2.03. The topological polar surface area (TPSA) is 43.4 Å². The summed E-state index contributed by atoms with van der Waals surface area (Å²) in [5.41, 5.74) is 2.64. The molecule has 112 valence electrons. The first kappa shape index (κ1) is 18.6. The van der Waals surface area contributed by atoms with Crippen LogP contribution < -0.4 is 0 Å². The molecule has 0 aliphatic rings. The number of rotatable bonds is 0. The van der Waals surface area contributed by atoms with Crippen molar-refractivity contribution in [1.82, 2.24) is 0 Å². The Labute approximate surface area is 126 Å². The largest absolute Gasteiger partial charge is 0.394 e. The zero-order valence-electron chi connectivity index (χ0n) is 13.0. The Hall–Kier alpha value is -2.42. The van der Waals surface area contributed by atoms with E-state index in [1.54, 1.807) is 0 Å². The first-order valence-electron chi connectivity index (χ1n) is 6.64. The van der Waals surface area contributed by atoms with Crippen molar-refractivity contribution in [1.29, 1.82) is 0 Å². The minimum atomic E-state index is -0.562. The third-order valence-corrected chi connectivity index (χ3v) is 2.17. The summed E-state index contributed by atoms with van der Waals surface area (Å²) in [6, 6.07) is 20.5. The van der Waals surface area contributed by atoms with Crippen LogP contribution in [0.3, 0.4) is 0 Å². The van der Waals surface area contributed by atoms with Crippen molar-refractivity contribution in [2.75, 3.05) is 0 Å². The summed E-state index contributed by atoms with van der Waals surface area (Å²) in [7, 11) is 0. The van der Waals surface area contributed by atoms with Crippen molar-refractivity contribution >= 4 is 11.9 Å². The summed E-state index contributed by atoms with van der Waals surface area (Å²) in [6.07, 6.45) is 0. The van der Waals surface area contributed by atoms with Gasteiger partial charge in [0.1, 0.15) is 0 Å². The van der Waals surface area contributed by atoms with Gasteiger partial charge in [-0.25, -0.2) is 0 Å². The monoisotopic (exact) mass is 286 g/mol. The van der Waals surface area contributed by atoms with Gasteiger partial charge in [-0.05, 0) is 13.8 Å². The van der Waals surface area contributed by atoms with E-state index in [2.05, 4.69) is 42.8 Å². The van der Waals surface area contributed by atoms with Crippen LogP contribution in [0.4, 0.5) is 0 Å². The Balaban J connectivity index is 0.000000286. The van der Waals surface area contributed by atoms with Gasteiger partial charge in [0.15, 0.2) is 0 Å². The van der Waals surface area contributed by atoms with Crippen molar-refractivity contribution in [3.8, 4) is 0 Å². The maximum Gasteiger partial charge on any atom is 0.310 e. The molecule has 0 fully saturated rings. The Morgan fingerprint density at radius 1 is 0.667 bits per heavy atom. The molecule has 0 aliphatic heterocycles. The van der Waals surface area contributed by atoms with Crippen LogP contribution in [0.15, 0.2) is 60.7 Å². The second-order valence-corrected chi connectivity index (χ2v) is 4.39. The SMILES string of the molecule is CC(=O)OC(C)=O.Cc1ccccc1.Cc1ccccc1. The van der Waals surface area contributed by atoms with Crippen molar-refractivity contribution < 1.29 is 14.3 Å². The molecule has 0 spiro atoms. The maximum atomic E-state index is 9.81. The van der Waals surface area contributed by atoms with Gasteiger partial charge in [-0.2, -0.15) is 0 Å². The number of carbonyl (C=O) groups excluding carboxylic acids is 2. The molecule has 2 aromatic carbocycles. The highest BCUT2D eigenvalue weighted by molar-refractivity contribution is 5.82. The van der Waals surface area contributed by atoms with E-state index in [4.69, 9.17) is 0 Å². The maximum absolute atomic E-state index is 9.81. The van der Waals surface area contributed by atoms with E-state index < -0.39 is 11.9 Å². The van der Waals surface area contributed by atoms with E-state index in [1.807, 2.05) is 36.4 Å². The lowest BCUT2D eigenvalue weighted by molar-refractivity contribution is -0.156. The molecule has 0 saturated heterocycles.